The summed E-state index contributed by atoms with van der Waals surface area (Å²) >= 11 is 1.27. The molecule has 1 aromatic rings. The van der Waals surface area contributed by atoms with Gasteiger partial charge in [-0.2, -0.15) is 5.26 Å². The van der Waals surface area contributed by atoms with E-state index in [-0.39, 0.29) is 5.56 Å². The predicted octanol–water partition coefficient (Wildman–Crippen LogP) is 0.411. The van der Waals surface area contributed by atoms with Gasteiger partial charge in [0.1, 0.15) is 5.54 Å². The first kappa shape index (κ1) is 11.8. The molecule has 0 aliphatic rings. The minimum atomic E-state index is -0.910. The van der Waals surface area contributed by atoms with Gasteiger partial charge in [-0.1, -0.05) is 11.8 Å². The molecular formula is C9H12N4OS. The van der Waals surface area contributed by atoms with Crippen LogP contribution in [0.15, 0.2) is 16.0 Å². The summed E-state index contributed by atoms with van der Waals surface area (Å²) < 4.78 is 0. The van der Waals surface area contributed by atoms with Gasteiger partial charge in [-0.3, -0.25) is 4.79 Å². The Morgan fingerprint density at radius 2 is 2.47 bits per heavy atom. The Morgan fingerprint density at radius 1 is 1.80 bits per heavy atom. The first-order valence-corrected chi connectivity index (χ1v) is 5.32. The van der Waals surface area contributed by atoms with Crippen molar-refractivity contribution in [3.8, 4) is 6.07 Å². The Bertz CT molecular complexity index is 446. The number of aromatic amines is 1. The van der Waals surface area contributed by atoms with Crippen molar-refractivity contribution in [1.29, 1.82) is 5.26 Å². The minimum absolute atomic E-state index is 0.194. The van der Waals surface area contributed by atoms with Gasteiger partial charge < -0.3 is 10.7 Å². The van der Waals surface area contributed by atoms with Crippen LogP contribution in [-0.4, -0.2) is 21.3 Å². The second kappa shape index (κ2) is 4.47. The second-order valence-electron chi connectivity index (χ2n) is 3.51. The third kappa shape index (κ3) is 3.73. The molecule has 0 amide bonds. The summed E-state index contributed by atoms with van der Waals surface area (Å²) in [6.45, 7) is 3.37. The summed E-state index contributed by atoms with van der Waals surface area (Å²) in [7, 11) is 0. The van der Waals surface area contributed by atoms with Crippen LogP contribution in [0.3, 0.4) is 0 Å². The van der Waals surface area contributed by atoms with Crippen LogP contribution in [0.5, 0.6) is 0 Å². The van der Waals surface area contributed by atoms with Crippen LogP contribution in [-0.2, 0) is 0 Å². The molecule has 5 nitrogen and oxygen atoms in total. The largest absolute Gasteiger partial charge is 0.313 e. The number of nitriles is 1. The van der Waals surface area contributed by atoms with Crippen molar-refractivity contribution in [3.05, 3.63) is 22.1 Å². The Kier molecular flexibility index (Phi) is 3.50. The summed E-state index contributed by atoms with van der Waals surface area (Å²) in [5, 5.41) is 9.19. The van der Waals surface area contributed by atoms with Crippen LogP contribution in [0.25, 0.3) is 0 Å². The van der Waals surface area contributed by atoms with E-state index in [1.165, 1.54) is 17.8 Å². The van der Waals surface area contributed by atoms with Crippen LogP contribution in [0.2, 0.25) is 0 Å². The van der Waals surface area contributed by atoms with Crippen LogP contribution >= 0.6 is 11.8 Å². The van der Waals surface area contributed by atoms with Gasteiger partial charge in [-0.25, -0.2) is 4.98 Å². The van der Waals surface area contributed by atoms with Gasteiger partial charge in [0.25, 0.3) is 5.56 Å². The molecule has 1 atom stereocenters. The molecule has 0 saturated heterocycles. The van der Waals surface area contributed by atoms with Crippen LogP contribution in [0.4, 0.5) is 0 Å². The van der Waals surface area contributed by atoms with Gasteiger partial charge in [0, 0.05) is 17.5 Å². The van der Waals surface area contributed by atoms with Crippen molar-refractivity contribution in [2.45, 2.75) is 24.5 Å². The number of nitrogens with two attached hydrogens (primary N) is 1. The summed E-state index contributed by atoms with van der Waals surface area (Å²) in [4.78, 5) is 17.8. The van der Waals surface area contributed by atoms with Crippen LogP contribution < -0.4 is 11.3 Å². The average molecular weight is 224 g/mol. The quantitative estimate of drug-likeness (QED) is 0.572. The van der Waals surface area contributed by atoms with E-state index in [4.69, 9.17) is 11.0 Å². The summed E-state index contributed by atoms with van der Waals surface area (Å²) in [5.41, 5.74) is 5.18. The van der Waals surface area contributed by atoms with Gasteiger partial charge in [0.05, 0.1) is 6.07 Å². The SMILES string of the molecule is Cc1cc(=O)[nH]c(SCC(C)(N)C#N)n1. The lowest BCUT2D eigenvalue weighted by molar-refractivity contribution is 0.680. The van der Waals surface area contributed by atoms with Gasteiger partial charge in [-0.15, -0.1) is 0 Å². The lowest BCUT2D eigenvalue weighted by Crippen LogP contribution is -2.37. The van der Waals surface area contributed by atoms with E-state index in [2.05, 4.69) is 9.97 Å². The molecule has 0 bridgehead atoms. The highest BCUT2D eigenvalue weighted by Crippen LogP contribution is 2.16. The standard InChI is InChI=1S/C9H12N4OS/c1-6-3-7(14)13-8(12-6)15-5-9(2,11)4-10/h3H,5,11H2,1-2H3,(H,12,13,14). The van der Waals surface area contributed by atoms with E-state index in [9.17, 15) is 4.79 Å². The number of H-pyrrole nitrogens is 1. The lowest BCUT2D eigenvalue weighted by Gasteiger charge is -2.13. The van der Waals surface area contributed by atoms with Gasteiger partial charge in [0.15, 0.2) is 5.16 Å². The second-order valence-corrected chi connectivity index (χ2v) is 4.47. The molecule has 3 N–H and O–H groups in total. The van der Waals surface area contributed by atoms with E-state index in [1.807, 2.05) is 6.07 Å². The number of hydrogen-bond donors (Lipinski definition) is 2. The van der Waals surface area contributed by atoms with Crippen molar-refractivity contribution in [2.24, 2.45) is 5.73 Å². The molecule has 0 saturated carbocycles. The number of aromatic nitrogens is 2. The zero-order chi connectivity index (χ0) is 11.5. The highest BCUT2D eigenvalue weighted by molar-refractivity contribution is 7.99. The molecule has 6 heteroatoms. The van der Waals surface area contributed by atoms with Crippen molar-refractivity contribution in [3.63, 3.8) is 0 Å². The van der Waals surface area contributed by atoms with Crippen molar-refractivity contribution >= 4 is 11.8 Å². The monoisotopic (exact) mass is 224 g/mol. The number of hydrogen-bond acceptors (Lipinski definition) is 5. The van der Waals surface area contributed by atoms with E-state index < -0.39 is 5.54 Å². The third-order valence-electron chi connectivity index (χ3n) is 1.61. The maximum absolute atomic E-state index is 11.1. The minimum Gasteiger partial charge on any atom is -0.313 e. The number of aryl methyl sites for hydroxylation is 1. The fourth-order valence-electron chi connectivity index (χ4n) is 0.871. The predicted molar refractivity (Wildman–Crippen MR) is 58.5 cm³/mol. The van der Waals surface area contributed by atoms with E-state index in [1.54, 1.807) is 13.8 Å². The molecule has 1 unspecified atom stereocenters. The lowest BCUT2D eigenvalue weighted by atomic mass is 10.1. The zero-order valence-electron chi connectivity index (χ0n) is 8.57. The molecule has 1 heterocycles. The van der Waals surface area contributed by atoms with Crippen molar-refractivity contribution in [2.75, 3.05) is 5.75 Å². The summed E-state index contributed by atoms with van der Waals surface area (Å²) in [6, 6.07) is 3.39. The fraction of sp³-hybridized carbons (Fsp3) is 0.444. The van der Waals surface area contributed by atoms with Crippen LogP contribution in [0, 0.1) is 18.3 Å². The van der Waals surface area contributed by atoms with E-state index in [0.29, 0.717) is 16.6 Å². The molecule has 0 aliphatic heterocycles. The number of nitrogens with zero attached hydrogens (tertiary/aromatic N) is 2. The molecule has 0 fully saturated rings. The molecule has 0 aromatic carbocycles. The van der Waals surface area contributed by atoms with E-state index >= 15 is 0 Å². The summed E-state index contributed by atoms with van der Waals surface area (Å²) in [6.07, 6.45) is 0. The van der Waals surface area contributed by atoms with Crippen molar-refractivity contribution in [1.82, 2.24) is 9.97 Å². The van der Waals surface area contributed by atoms with E-state index in [0.717, 1.165) is 0 Å². The highest BCUT2D eigenvalue weighted by atomic mass is 32.2. The third-order valence-corrected chi connectivity index (χ3v) is 2.82. The van der Waals surface area contributed by atoms with Gasteiger partial charge >= 0.3 is 0 Å². The Balaban J connectivity index is 2.75. The normalized spacial score (nSPS) is 14.3. The average Bonchev–Trinajstić information content (AvgIpc) is 2.14. The van der Waals surface area contributed by atoms with Gasteiger partial charge in [0.2, 0.25) is 0 Å². The topological polar surface area (TPSA) is 95.6 Å². The molecule has 0 radical (unpaired) electrons. The highest BCUT2D eigenvalue weighted by Gasteiger charge is 2.18. The Morgan fingerprint density at radius 3 is 3.00 bits per heavy atom. The molecule has 1 rings (SSSR count). The zero-order valence-corrected chi connectivity index (χ0v) is 9.39. The molecule has 0 aliphatic carbocycles. The number of nitrogens with one attached hydrogen (secondary N) is 1. The molecule has 80 valence electrons. The Labute approximate surface area is 91.7 Å². The molecule has 0 spiro atoms. The molecular weight excluding hydrogens is 212 g/mol. The number of rotatable bonds is 3. The summed E-state index contributed by atoms with van der Waals surface area (Å²) in [5.74, 6) is 0.385. The Hall–Kier alpha value is -1.32. The molecule has 15 heavy (non-hydrogen) atoms. The van der Waals surface area contributed by atoms with Gasteiger partial charge in [-0.05, 0) is 13.8 Å². The maximum atomic E-state index is 11.1. The van der Waals surface area contributed by atoms with Crippen LogP contribution in [0.1, 0.15) is 12.6 Å². The molecule has 1 aromatic heterocycles. The fourth-order valence-corrected chi connectivity index (χ4v) is 1.75. The first-order valence-electron chi connectivity index (χ1n) is 4.34. The number of thioether (sulfide) groups is 1. The maximum Gasteiger partial charge on any atom is 0.251 e. The smallest absolute Gasteiger partial charge is 0.251 e. The first-order chi connectivity index (χ1) is 6.93. The van der Waals surface area contributed by atoms with Crippen molar-refractivity contribution < 1.29 is 0 Å².